The second-order valence-electron chi connectivity index (χ2n) is 6.71. The normalized spacial score (nSPS) is 11.0. The van der Waals surface area contributed by atoms with Gasteiger partial charge in [0, 0.05) is 40.8 Å². The van der Waals surface area contributed by atoms with E-state index in [9.17, 15) is 4.79 Å². The molecule has 0 spiro atoms. The minimum absolute atomic E-state index is 0.590. The van der Waals surface area contributed by atoms with Crippen LogP contribution in [0.4, 0.5) is 11.5 Å². The monoisotopic (exact) mass is 397 g/mol. The maximum absolute atomic E-state index is 10.6. The number of carboxylic acids is 1. The lowest BCUT2D eigenvalue weighted by molar-refractivity contribution is -0.131. The number of hydrogen-bond donors (Lipinski definition) is 3. The number of carbonyl (C=O) groups is 1. The molecule has 7 nitrogen and oxygen atoms in total. The van der Waals surface area contributed by atoms with Crippen molar-refractivity contribution in [2.75, 3.05) is 5.32 Å². The van der Waals surface area contributed by atoms with Crippen molar-refractivity contribution >= 4 is 23.6 Å². The van der Waals surface area contributed by atoms with Gasteiger partial charge in [0.25, 0.3) is 0 Å². The average Bonchev–Trinajstić information content (AvgIpc) is 3.30. The van der Waals surface area contributed by atoms with Crippen LogP contribution < -0.4 is 5.32 Å². The van der Waals surface area contributed by atoms with Crippen LogP contribution in [-0.2, 0) is 4.79 Å². The van der Waals surface area contributed by atoms with Crippen LogP contribution in [0.1, 0.15) is 11.1 Å². The van der Waals surface area contributed by atoms with E-state index in [2.05, 4.69) is 25.5 Å². The fourth-order valence-corrected chi connectivity index (χ4v) is 2.91. The minimum atomic E-state index is -0.977. The highest BCUT2D eigenvalue weighted by atomic mass is 16.4. The highest BCUT2D eigenvalue weighted by Crippen LogP contribution is 2.25. The fourth-order valence-electron chi connectivity index (χ4n) is 2.91. The second-order valence-corrected chi connectivity index (χ2v) is 6.71. The van der Waals surface area contributed by atoms with Gasteiger partial charge in [-0.05, 0) is 36.3 Å². The van der Waals surface area contributed by atoms with Gasteiger partial charge in [0.2, 0.25) is 0 Å². The van der Waals surface area contributed by atoms with E-state index in [0.29, 0.717) is 5.82 Å². The number of anilines is 2. The summed E-state index contributed by atoms with van der Waals surface area (Å²) in [6.45, 7) is 1.95. The smallest absolute Gasteiger partial charge is 0.328 e. The zero-order valence-corrected chi connectivity index (χ0v) is 16.2. The Morgan fingerprint density at radius 2 is 1.73 bits per heavy atom. The Bertz CT molecular complexity index is 1180. The molecule has 0 aliphatic rings. The fraction of sp³-hybridized carbons (Fsp3) is 0.0435. The molecule has 0 fully saturated rings. The van der Waals surface area contributed by atoms with Crippen molar-refractivity contribution in [2.24, 2.45) is 0 Å². The number of aromatic nitrogens is 4. The van der Waals surface area contributed by atoms with E-state index in [0.717, 1.165) is 45.4 Å². The van der Waals surface area contributed by atoms with Gasteiger partial charge in [-0.1, -0.05) is 36.4 Å². The van der Waals surface area contributed by atoms with E-state index in [1.54, 1.807) is 18.5 Å². The lowest BCUT2D eigenvalue weighted by Crippen LogP contribution is -2.00. The summed E-state index contributed by atoms with van der Waals surface area (Å²) >= 11 is 0. The number of nitrogens with zero attached hydrogens (tertiary/aromatic N) is 3. The van der Waals surface area contributed by atoms with Gasteiger partial charge in [-0.3, -0.25) is 5.10 Å². The van der Waals surface area contributed by atoms with Gasteiger partial charge in [-0.15, -0.1) is 0 Å². The molecule has 30 heavy (non-hydrogen) atoms. The number of aryl methyl sites for hydroxylation is 1. The largest absolute Gasteiger partial charge is 0.478 e. The number of hydrogen-bond acceptors (Lipinski definition) is 5. The molecule has 2 heterocycles. The molecule has 0 atom stereocenters. The van der Waals surface area contributed by atoms with Gasteiger partial charge < -0.3 is 10.4 Å². The quantitative estimate of drug-likeness (QED) is 0.408. The van der Waals surface area contributed by atoms with Crippen LogP contribution in [0.2, 0.25) is 0 Å². The summed E-state index contributed by atoms with van der Waals surface area (Å²) in [4.78, 5) is 19.7. The Morgan fingerprint density at radius 1 is 1.00 bits per heavy atom. The third-order valence-corrected chi connectivity index (χ3v) is 4.54. The van der Waals surface area contributed by atoms with Crippen molar-refractivity contribution in [3.8, 4) is 22.5 Å². The molecular formula is C23H19N5O2. The second kappa shape index (κ2) is 8.40. The van der Waals surface area contributed by atoms with Crippen molar-refractivity contribution in [3.63, 3.8) is 0 Å². The highest BCUT2D eigenvalue weighted by Gasteiger charge is 2.07. The van der Waals surface area contributed by atoms with Crippen LogP contribution in [0.5, 0.6) is 0 Å². The van der Waals surface area contributed by atoms with Crippen LogP contribution >= 0.6 is 0 Å². The minimum Gasteiger partial charge on any atom is -0.478 e. The number of carboxylic acid groups (broad SMARTS) is 1. The van der Waals surface area contributed by atoms with Crippen molar-refractivity contribution in [3.05, 3.63) is 84.3 Å². The maximum Gasteiger partial charge on any atom is 0.328 e. The summed E-state index contributed by atoms with van der Waals surface area (Å²) in [6.07, 6.45) is 8.07. The van der Waals surface area contributed by atoms with Gasteiger partial charge >= 0.3 is 5.97 Å². The van der Waals surface area contributed by atoms with Gasteiger partial charge in [-0.25, -0.2) is 14.8 Å². The predicted octanol–water partition coefficient (Wildman–Crippen LogP) is 4.68. The van der Waals surface area contributed by atoms with Crippen LogP contribution in [0.25, 0.3) is 28.6 Å². The Hall–Kier alpha value is -4.26. The Labute approximate surface area is 173 Å². The van der Waals surface area contributed by atoms with E-state index in [1.807, 2.05) is 61.7 Å². The Morgan fingerprint density at radius 3 is 2.40 bits per heavy atom. The first-order valence-corrected chi connectivity index (χ1v) is 9.30. The zero-order chi connectivity index (χ0) is 20.9. The molecular weight excluding hydrogens is 378 g/mol. The van der Waals surface area contributed by atoms with Crippen molar-refractivity contribution in [2.45, 2.75) is 6.92 Å². The van der Waals surface area contributed by atoms with Gasteiger partial charge in [-0.2, -0.15) is 5.10 Å². The molecule has 2 aromatic heterocycles. The van der Waals surface area contributed by atoms with Crippen LogP contribution in [0.15, 0.2) is 73.2 Å². The van der Waals surface area contributed by atoms with Crippen LogP contribution in [0.3, 0.4) is 0 Å². The highest BCUT2D eigenvalue weighted by molar-refractivity contribution is 5.85. The molecule has 0 saturated heterocycles. The van der Waals surface area contributed by atoms with Crippen molar-refractivity contribution in [1.29, 1.82) is 0 Å². The molecule has 148 valence electrons. The molecule has 0 aliphatic heterocycles. The first-order valence-electron chi connectivity index (χ1n) is 9.30. The van der Waals surface area contributed by atoms with E-state index < -0.39 is 5.97 Å². The summed E-state index contributed by atoms with van der Waals surface area (Å²) in [7, 11) is 0. The number of benzene rings is 2. The molecule has 2 aromatic carbocycles. The SMILES string of the molecule is Cc1cnc(-c2ccc(C=CC(=O)O)cc2)nc1Nc1ccc(-c2cn[nH]c2)cc1. The number of H-pyrrole nitrogens is 1. The molecule has 4 aromatic rings. The Balaban J connectivity index is 1.54. The van der Waals surface area contributed by atoms with E-state index in [1.165, 1.54) is 0 Å². The lowest BCUT2D eigenvalue weighted by Gasteiger charge is -2.11. The summed E-state index contributed by atoms with van der Waals surface area (Å²) in [6, 6.07) is 15.4. The number of nitrogens with one attached hydrogen (secondary N) is 2. The Kier molecular flexibility index (Phi) is 5.34. The zero-order valence-electron chi connectivity index (χ0n) is 16.2. The van der Waals surface area contributed by atoms with Crippen molar-refractivity contribution < 1.29 is 9.90 Å². The summed E-state index contributed by atoms with van der Waals surface area (Å²) in [5.74, 6) is 0.340. The van der Waals surface area contributed by atoms with E-state index in [-0.39, 0.29) is 0 Å². The molecule has 0 radical (unpaired) electrons. The topological polar surface area (TPSA) is 104 Å². The third kappa shape index (κ3) is 4.41. The van der Waals surface area contributed by atoms with E-state index >= 15 is 0 Å². The standard InChI is InChI=1S/C23H19N5O2/c1-15-12-24-23(18-5-2-16(3-6-18)4-11-21(29)30)28-22(15)27-20-9-7-17(8-10-20)19-13-25-26-14-19/h2-14H,1H3,(H,25,26)(H,29,30)(H,24,27,28). The van der Waals surface area contributed by atoms with E-state index in [4.69, 9.17) is 5.11 Å². The molecule has 0 amide bonds. The first-order chi connectivity index (χ1) is 14.6. The van der Waals surface area contributed by atoms with Gasteiger partial charge in [0.15, 0.2) is 5.82 Å². The lowest BCUT2D eigenvalue weighted by atomic mass is 10.1. The number of rotatable bonds is 6. The summed E-state index contributed by atoms with van der Waals surface area (Å²) < 4.78 is 0. The summed E-state index contributed by atoms with van der Waals surface area (Å²) in [5, 5.41) is 18.9. The maximum atomic E-state index is 10.6. The third-order valence-electron chi connectivity index (χ3n) is 4.54. The number of aliphatic carboxylic acids is 1. The predicted molar refractivity (Wildman–Crippen MR) is 116 cm³/mol. The van der Waals surface area contributed by atoms with Gasteiger partial charge in [0.05, 0.1) is 6.20 Å². The molecule has 0 aliphatic carbocycles. The molecule has 4 rings (SSSR count). The summed E-state index contributed by atoms with van der Waals surface area (Å²) in [5.41, 5.74) is 5.60. The van der Waals surface area contributed by atoms with Crippen molar-refractivity contribution in [1.82, 2.24) is 20.2 Å². The molecule has 0 saturated carbocycles. The van der Waals surface area contributed by atoms with Crippen LogP contribution in [-0.4, -0.2) is 31.2 Å². The molecule has 0 unspecified atom stereocenters. The molecule has 7 heteroatoms. The first kappa shape index (κ1) is 19.1. The average molecular weight is 397 g/mol. The van der Waals surface area contributed by atoms with Gasteiger partial charge in [0.1, 0.15) is 5.82 Å². The molecule has 0 bridgehead atoms. The number of aromatic amines is 1. The van der Waals surface area contributed by atoms with Crippen LogP contribution in [0, 0.1) is 6.92 Å². The molecule has 3 N–H and O–H groups in total.